The number of rotatable bonds is 5. The van der Waals surface area contributed by atoms with Gasteiger partial charge in [-0.3, -0.25) is 9.69 Å². The molecule has 21 heavy (non-hydrogen) atoms. The van der Waals surface area contributed by atoms with Crippen LogP contribution < -0.4 is 10.6 Å². The molecule has 1 unspecified atom stereocenters. The van der Waals surface area contributed by atoms with Crippen LogP contribution in [0.4, 0.5) is 5.69 Å². The summed E-state index contributed by atoms with van der Waals surface area (Å²) >= 11 is 6.06. The number of benzene rings is 1. The second kappa shape index (κ2) is 7.78. The Labute approximate surface area is 131 Å². The number of piperidine rings is 1. The molecule has 5 heteroatoms. The average molecular weight is 310 g/mol. The molecule has 4 nitrogen and oxygen atoms in total. The maximum Gasteiger partial charge on any atom is 0.238 e. The number of aryl methyl sites for hydroxylation is 1. The van der Waals surface area contributed by atoms with Crippen molar-refractivity contribution in [3.63, 3.8) is 0 Å². The number of halogens is 1. The Morgan fingerprint density at radius 2 is 2.29 bits per heavy atom. The second-order valence-corrected chi connectivity index (χ2v) is 6.26. The van der Waals surface area contributed by atoms with Crippen LogP contribution in [0.3, 0.4) is 0 Å². The van der Waals surface area contributed by atoms with Crippen LogP contribution in [-0.4, -0.2) is 43.5 Å². The average Bonchev–Trinajstić information content (AvgIpc) is 2.43. The largest absolute Gasteiger partial charge is 0.325 e. The van der Waals surface area contributed by atoms with Crippen LogP contribution in [0.2, 0.25) is 5.02 Å². The SMILES string of the molecule is Cc1ccc(NC(=O)CN(C)CC2CCCCN2)cc1Cl. The molecule has 1 aromatic rings. The normalized spacial score (nSPS) is 18.8. The third-order valence-electron chi connectivity index (χ3n) is 3.81. The standard InChI is InChI=1S/C16H24ClN3O/c1-12-6-7-13(9-15(12)17)19-16(21)11-20(2)10-14-5-3-4-8-18-14/h6-7,9,14,18H,3-5,8,10-11H2,1-2H3,(H,19,21). The lowest BCUT2D eigenvalue weighted by Gasteiger charge is -2.27. The molecule has 1 saturated heterocycles. The van der Waals surface area contributed by atoms with Crippen molar-refractivity contribution in [3.8, 4) is 0 Å². The number of hydrogen-bond donors (Lipinski definition) is 2. The Bertz CT molecular complexity index is 486. The molecule has 0 spiro atoms. The lowest BCUT2D eigenvalue weighted by molar-refractivity contribution is -0.117. The Morgan fingerprint density at radius 3 is 2.95 bits per heavy atom. The summed E-state index contributed by atoms with van der Waals surface area (Å²) in [5.74, 6) is -0.00627. The minimum absolute atomic E-state index is 0.00627. The lowest BCUT2D eigenvalue weighted by atomic mass is 10.0. The Kier molecular flexibility index (Phi) is 6.03. The fourth-order valence-electron chi connectivity index (χ4n) is 2.64. The van der Waals surface area contributed by atoms with Gasteiger partial charge in [-0.25, -0.2) is 0 Å². The maximum atomic E-state index is 12.0. The minimum Gasteiger partial charge on any atom is -0.325 e. The predicted molar refractivity (Wildman–Crippen MR) is 88.0 cm³/mol. The van der Waals surface area contributed by atoms with E-state index in [-0.39, 0.29) is 5.91 Å². The van der Waals surface area contributed by atoms with E-state index in [1.165, 1.54) is 19.3 Å². The van der Waals surface area contributed by atoms with Gasteiger partial charge in [0.15, 0.2) is 0 Å². The first-order chi connectivity index (χ1) is 10.0. The summed E-state index contributed by atoms with van der Waals surface area (Å²) in [6, 6.07) is 6.08. The zero-order valence-electron chi connectivity index (χ0n) is 12.8. The summed E-state index contributed by atoms with van der Waals surface area (Å²) < 4.78 is 0. The number of likely N-dealkylation sites (N-methyl/N-ethyl adjacent to an activating group) is 1. The highest BCUT2D eigenvalue weighted by atomic mass is 35.5. The number of anilines is 1. The summed E-state index contributed by atoms with van der Waals surface area (Å²) in [6.07, 6.45) is 3.73. The fourth-order valence-corrected chi connectivity index (χ4v) is 2.82. The quantitative estimate of drug-likeness (QED) is 0.879. The van der Waals surface area contributed by atoms with Crippen molar-refractivity contribution in [2.24, 2.45) is 0 Å². The Balaban J connectivity index is 1.78. The van der Waals surface area contributed by atoms with Gasteiger partial charge in [-0.2, -0.15) is 0 Å². The van der Waals surface area contributed by atoms with Gasteiger partial charge in [0.05, 0.1) is 6.54 Å². The molecule has 1 heterocycles. The molecule has 1 amide bonds. The van der Waals surface area contributed by atoms with Gasteiger partial charge < -0.3 is 10.6 Å². The molecule has 1 aromatic carbocycles. The monoisotopic (exact) mass is 309 g/mol. The van der Waals surface area contributed by atoms with E-state index in [9.17, 15) is 4.79 Å². The second-order valence-electron chi connectivity index (χ2n) is 5.86. The first-order valence-corrected chi connectivity index (χ1v) is 7.90. The fraction of sp³-hybridized carbons (Fsp3) is 0.562. The van der Waals surface area contributed by atoms with Crippen LogP contribution in [-0.2, 0) is 4.79 Å². The summed E-state index contributed by atoms with van der Waals surface area (Å²) in [5, 5.41) is 7.06. The van der Waals surface area contributed by atoms with Crippen molar-refractivity contribution in [1.82, 2.24) is 10.2 Å². The van der Waals surface area contributed by atoms with Crippen molar-refractivity contribution in [2.45, 2.75) is 32.2 Å². The first-order valence-electron chi connectivity index (χ1n) is 7.52. The molecule has 1 aliphatic rings. The first kappa shape index (κ1) is 16.3. The zero-order chi connectivity index (χ0) is 15.2. The Hall–Kier alpha value is -1.10. The van der Waals surface area contributed by atoms with Gasteiger partial charge in [0.25, 0.3) is 0 Å². The molecule has 0 radical (unpaired) electrons. The van der Waals surface area contributed by atoms with Crippen molar-refractivity contribution in [2.75, 3.05) is 32.0 Å². The van der Waals surface area contributed by atoms with Gasteiger partial charge in [0.1, 0.15) is 0 Å². The van der Waals surface area contributed by atoms with E-state index in [2.05, 4.69) is 15.5 Å². The zero-order valence-corrected chi connectivity index (χ0v) is 13.5. The van der Waals surface area contributed by atoms with Crippen molar-refractivity contribution in [3.05, 3.63) is 28.8 Å². The number of carbonyl (C=O) groups excluding carboxylic acids is 1. The molecule has 0 bridgehead atoms. The van der Waals surface area contributed by atoms with Gasteiger partial charge in [-0.15, -0.1) is 0 Å². The summed E-state index contributed by atoms with van der Waals surface area (Å²) in [5.41, 5.74) is 1.76. The molecule has 2 N–H and O–H groups in total. The smallest absolute Gasteiger partial charge is 0.238 e. The predicted octanol–water partition coefficient (Wildman–Crippen LogP) is 2.66. The van der Waals surface area contributed by atoms with Crippen LogP contribution in [0.25, 0.3) is 0 Å². The minimum atomic E-state index is -0.00627. The summed E-state index contributed by atoms with van der Waals surface area (Å²) in [4.78, 5) is 14.1. The summed E-state index contributed by atoms with van der Waals surface area (Å²) in [6.45, 7) is 4.33. The van der Waals surface area contributed by atoms with Gasteiger partial charge in [-0.1, -0.05) is 24.1 Å². The van der Waals surface area contributed by atoms with Gasteiger partial charge >= 0.3 is 0 Å². The van der Waals surface area contributed by atoms with Crippen molar-refractivity contribution in [1.29, 1.82) is 0 Å². The van der Waals surface area contributed by atoms with Gasteiger partial charge in [-0.05, 0) is 51.1 Å². The van der Waals surface area contributed by atoms with Crippen LogP contribution in [0.15, 0.2) is 18.2 Å². The highest BCUT2D eigenvalue weighted by Crippen LogP contribution is 2.19. The van der Waals surface area contributed by atoms with E-state index in [4.69, 9.17) is 11.6 Å². The van der Waals surface area contributed by atoms with Crippen molar-refractivity contribution >= 4 is 23.2 Å². The Morgan fingerprint density at radius 1 is 1.48 bits per heavy atom. The number of hydrogen-bond acceptors (Lipinski definition) is 3. The molecule has 1 atom stereocenters. The number of carbonyl (C=O) groups is 1. The third-order valence-corrected chi connectivity index (χ3v) is 4.22. The third kappa shape index (κ3) is 5.30. The highest BCUT2D eigenvalue weighted by molar-refractivity contribution is 6.31. The van der Waals surface area contributed by atoms with E-state index < -0.39 is 0 Å². The van der Waals surface area contributed by atoms with E-state index >= 15 is 0 Å². The molecular formula is C16H24ClN3O. The molecule has 0 saturated carbocycles. The maximum absolute atomic E-state index is 12.0. The van der Waals surface area contributed by atoms with Crippen LogP contribution in [0.5, 0.6) is 0 Å². The number of nitrogens with one attached hydrogen (secondary N) is 2. The van der Waals surface area contributed by atoms with E-state index in [1.54, 1.807) is 6.07 Å². The molecule has 0 aromatic heterocycles. The van der Waals surface area contributed by atoms with Gasteiger partial charge in [0.2, 0.25) is 5.91 Å². The topological polar surface area (TPSA) is 44.4 Å². The lowest BCUT2D eigenvalue weighted by Crippen LogP contribution is -2.44. The number of nitrogens with zero attached hydrogens (tertiary/aromatic N) is 1. The van der Waals surface area contributed by atoms with Crippen LogP contribution in [0, 0.1) is 6.92 Å². The molecule has 0 aliphatic carbocycles. The van der Waals surface area contributed by atoms with Crippen LogP contribution in [0.1, 0.15) is 24.8 Å². The molecule has 2 rings (SSSR count). The van der Waals surface area contributed by atoms with E-state index in [0.717, 1.165) is 24.3 Å². The number of amides is 1. The molecule has 1 fully saturated rings. The van der Waals surface area contributed by atoms with E-state index in [1.807, 2.05) is 26.1 Å². The van der Waals surface area contributed by atoms with E-state index in [0.29, 0.717) is 17.6 Å². The molecule has 116 valence electrons. The highest BCUT2D eigenvalue weighted by Gasteiger charge is 2.16. The van der Waals surface area contributed by atoms with Gasteiger partial charge in [0, 0.05) is 23.3 Å². The van der Waals surface area contributed by atoms with Crippen LogP contribution >= 0.6 is 11.6 Å². The molecular weight excluding hydrogens is 286 g/mol. The summed E-state index contributed by atoms with van der Waals surface area (Å²) in [7, 11) is 1.98. The molecule has 1 aliphatic heterocycles. The van der Waals surface area contributed by atoms with Crippen molar-refractivity contribution < 1.29 is 4.79 Å².